The predicted octanol–water partition coefficient (Wildman–Crippen LogP) is 2.99. The Labute approximate surface area is 276 Å². The first-order chi connectivity index (χ1) is 23.2. The molecule has 0 aliphatic carbocycles. The molecule has 3 fully saturated rings. The van der Waals surface area contributed by atoms with Crippen LogP contribution >= 0.6 is 0 Å². The molecule has 254 valence electrons. The van der Waals surface area contributed by atoms with Crippen molar-refractivity contribution in [2.45, 2.75) is 69.0 Å². The molecular weight excluding hydrogens is 623 g/mol. The van der Waals surface area contributed by atoms with Crippen LogP contribution in [0.3, 0.4) is 0 Å². The number of aromatic nitrogens is 1. The van der Waals surface area contributed by atoms with E-state index in [4.69, 9.17) is 34.8 Å². The summed E-state index contributed by atoms with van der Waals surface area (Å²) < 4.78 is 39.0. The van der Waals surface area contributed by atoms with Gasteiger partial charge < -0.3 is 34.7 Å². The van der Waals surface area contributed by atoms with Crippen LogP contribution in [0.4, 0.5) is 4.39 Å². The van der Waals surface area contributed by atoms with Gasteiger partial charge in [0.05, 0.1) is 13.2 Å². The van der Waals surface area contributed by atoms with Gasteiger partial charge in [0.15, 0.2) is 0 Å². The number of carboxylic acid groups (broad SMARTS) is 1. The van der Waals surface area contributed by atoms with E-state index in [1.165, 1.54) is 4.90 Å². The first-order valence-corrected chi connectivity index (χ1v) is 16.5. The Morgan fingerprint density at radius 3 is 2.58 bits per heavy atom. The Morgan fingerprint density at radius 2 is 1.85 bits per heavy atom. The zero-order valence-corrected chi connectivity index (χ0v) is 26.5. The first kappa shape index (κ1) is 32.4. The number of carbonyl (C=O) groups excluding carboxylic acids is 2. The minimum Gasteiger partial charge on any atom is -0.486 e. The molecule has 4 aliphatic heterocycles. The van der Waals surface area contributed by atoms with Gasteiger partial charge in [0, 0.05) is 68.4 Å². The molecule has 4 aliphatic rings. The number of hydrogen-bond acceptors (Lipinski definition) is 9. The predicted molar refractivity (Wildman–Crippen MR) is 170 cm³/mol. The van der Waals surface area contributed by atoms with Crippen LogP contribution in [0.1, 0.15) is 58.8 Å². The molecule has 0 bridgehead atoms. The van der Waals surface area contributed by atoms with Gasteiger partial charge in [-0.05, 0) is 66.8 Å². The second-order valence-electron chi connectivity index (χ2n) is 13.1. The van der Waals surface area contributed by atoms with E-state index in [2.05, 4.69) is 4.90 Å². The monoisotopic (exact) mass is 662 g/mol. The minimum absolute atomic E-state index is 0.0297. The van der Waals surface area contributed by atoms with Gasteiger partial charge in [0.25, 0.3) is 5.91 Å². The van der Waals surface area contributed by atoms with Crippen LogP contribution in [0, 0.1) is 5.82 Å². The topological polar surface area (TPSA) is 154 Å². The lowest BCUT2D eigenvalue weighted by molar-refractivity contribution is -0.163. The van der Waals surface area contributed by atoms with Crippen molar-refractivity contribution in [1.29, 1.82) is 0 Å². The number of carbonyl (C=O) groups is 3. The maximum atomic E-state index is 15.4. The van der Waals surface area contributed by atoms with Crippen LogP contribution in [-0.2, 0) is 36.9 Å². The van der Waals surface area contributed by atoms with Crippen molar-refractivity contribution >= 4 is 28.7 Å². The third-order valence-corrected chi connectivity index (χ3v) is 9.67. The second-order valence-corrected chi connectivity index (χ2v) is 13.1. The van der Waals surface area contributed by atoms with Crippen molar-refractivity contribution in [3.8, 4) is 5.75 Å². The van der Waals surface area contributed by atoms with E-state index in [-0.39, 0.29) is 55.3 Å². The number of aliphatic carboxylic acids is 1. The number of carboxylic acids is 1. The molecule has 3 atom stereocenters. The molecule has 0 saturated carbocycles. The Kier molecular flexibility index (Phi) is 9.27. The van der Waals surface area contributed by atoms with Gasteiger partial charge in [-0.1, -0.05) is 6.07 Å². The highest BCUT2D eigenvalue weighted by molar-refractivity contribution is 6.01. The summed E-state index contributed by atoms with van der Waals surface area (Å²) in [5.41, 5.74) is 8.75. The smallest absolute Gasteiger partial charge is 0.303 e. The van der Waals surface area contributed by atoms with Crippen LogP contribution < -0.4 is 10.5 Å². The number of likely N-dealkylation sites (tertiary alicyclic amines) is 1. The lowest BCUT2D eigenvalue weighted by Crippen LogP contribution is -2.45. The SMILES string of the molecule is NC(=O)[C@H](CCC(=O)O)N1Cc2cc(O[C@@H]3CN(Cc4cc(F)c5nc(C6CCOCC6)ccc5c4)C[C@H]3OC3COC3)ccc2C1=O. The van der Waals surface area contributed by atoms with Crippen LogP contribution in [0.15, 0.2) is 42.5 Å². The summed E-state index contributed by atoms with van der Waals surface area (Å²) in [5, 5.41) is 9.84. The highest BCUT2D eigenvalue weighted by Crippen LogP contribution is 2.32. The normalized spacial score (nSPS) is 22.5. The number of halogens is 1. The number of ether oxygens (including phenoxy) is 4. The fourth-order valence-corrected chi connectivity index (χ4v) is 7.10. The van der Waals surface area contributed by atoms with Crippen LogP contribution in [0.2, 0.25) is 0 Å². The largest absolute Gasteiger partial charge is 0.486 e. The summed E-state index contributed by atoms with van der Waals surface area (Å²) in [4.78, 5) is 44.5. The lowest BCUT2D eigenvalue weighted by Gasteiger charge is -2.31. The Morgan fingerprint density at radius 1 is 1.06 bits per heavy atom. The molecule has 7 rings (SSSR count). The molecule has 0 spiro atoms. The molecule has 0 unspecified atom stereocenters. The second kappa shape index (κ2) is 13.7. The van der Waals surface area contributed by atoms with Gasteiger partial charge >= 0.3 is 5.97 Å². The molecule has 48 heavy (non-hydrogen) atoms. The zero-order chi connectivity index (χ0) is 33.4. The molecule has 0 radical (unpaired) electrons. The summed E-state index contributed by atoms with van der Waals surface area (Å²) in [6.45, 7) is 4.14. The summed E-state index contributed by atoms with van der Waals surface area (Å²) in [6, 6.07) is 11.6. The van der Waals surface area contributed by atoms with Gasteiger partial charge in [0.2, 0.25) is 5.91 Å². The van der Waals surface area contributed by atoms with Gasteiger partial charge in [0.1, 0.15) is 41.4 Å². The summed E-state index contributed by atoms with van der Waals surface area (Å²) in [7, 11) is 0. The number of hydrogen-bond donors (Lipinski definition) is 2. The Bertz CT molecular complexity index is 1710. The molecule has 2 aromatic carbocycles. The Hall–Kier alpha value is -4.17. The molecule has 2 amide bonds. The van der Waals surface area contributed by atoms with Gasteiger partial charge in [-0.2, -0.15) is 0 Å². The molecule has 13 heteroatoms. The third kappa shape index (κ3) is 6.86. The molecule has 1 aromatic heterocycles. The van der Waals surface area contributed by atoms with Crippen molar-refractivity contribution in [2.24, 2.45) is 5.73 Å². The molecule has 12 nitrogen and oxygen atoms in total. The third-order valence-electron chi connectivity index (χ3n) is 9.67. The van der Waals surface area contributed by atoms with E-state index in [0.717, 1.165) is 29.5 Å². The van der Waals surface area contributed by atoms with Crippen LogP contribution in [-0.4, -0.2) is 102 Å². The minimum atomic E-state index is -1.07. The molecular formula is C35H39FN4O8. The first-order valence-electron chi connectivity index (χ1n) is 16.5. The fourth-order valence-electron chi connectivity index (χ4n) is 7.10. The number of nitrogens with zero attached hydrogens (tertiary/aromatic N) is 3. The van der Waals surface area contributed by atoms with Gasteiger partial charge in [-0.15, -0.1) is 0 Å². The number of rotatable bonds is 12. The zero-order valence-electron chi connectivity index (χ0n) is 26.5. The van der Waals surface area contributed by atoms with E-state index in [1.54, 1.807) is 24.3 Å². The van der Waals surface area contributed by atoms with E-state index in [0.29, 0.717) is 68.5 Å². The van der Waals surface area contributed by atoms with Crippen molar-refractivity contribution in [1.82, 2.24) is 14.8 Å². The van der Waals surface area contributed by atoms with E-state index < -0.39 is 17.9 Å². The number of benzene rings is 2. The van der Waals surface area contributed by atoms with Gasteiger partial charge in [-0.25, -0.2) is 9.37 Å². The average Bonchev–Trinajstić information content (AvgIpc) is 3.57. The Balaban J connectivity index is 1.05. The van der Waals surface area contributed by atoms with Crippen molar-refractivity contribution < 1.29 is 42.8 Å². The summed E-state index contributed by atoms with van der Waals surface area (Å²) in [6.07, 6.45) is 0.781. The number of pyridine rings is 1. The number of nitrogens with two attached hydrogens (primary N) is 1. The lowest BCUT2D eigenvalue weighted by atomic mass is 9.95. The molecule has 5 heterocycles. The highest BCUT2D eigenvalue weighted by Gasteiger charge is 2.40. The highest BCUT2D eigenvalue weighted by atomic mass is 19.1. The molecule has 3 saturated heterocycles. The molecule has 3 aromatic rings. The quantitative estimate of drug-likeness (QED) is 0.296. The van der Waals surface area contributed by atoms with Crippen LogP contribution in [0.25, 0.3) is 10.9 Å². The fraction of sp³-hybridized carbons (Fsp3) is 0.486. The molecule has 3 N–H and O–H groups in total. The maximum absolute atomic E-state index is 15.4. The number of amides is 2. The summed E-state index contributed by atoms with van der Waals surface area (Å²) >= 11 is 0. The van der Waals surface area contributed by atoms with Crippen molar-refractivity contribution in [3.63, 3.8) is 0 Å². The van der Waals surface area contributed by atoms with Crippen LogP contribution in [0.5, 0.6) is 5.75 Å². The summed E-state index contributed by atoms with van der Waals surface area (Å²) in [5.74, 6) is -1.71. The maximum Gasteiger partial charge on any atom is 0.303 e. The van der Waals surface area contributed by atoms with E-state index in [9.17, 15) is 14.4 Å². The standard InChI is InChI=1S/C35H39FN4O8/c36-27-12-20(11-22-1-4-28(38-33(22)27)21-7-9-45-10-8-21)14-39-16-30(31(17-39)48-25-18-46-19-25)47-24-2-3-26-23(13-24)15-40(35(26)44)29(34(37)43)5-6-32(41)42/h1-4,11-13,21,25,29-31H,5-10,14-19H2,(H2,37,43)(H,41,42)/t29-,30+,31+/m0/s1. The van der Waals surface area contributed by atoms with Crippen molar-refractivity contribution in [3.05, 3.63) is 70.7 Å². The number of primary amides is 1. The van der Waals surface area contributed by atoms with E-state index >= 15 is 4.39 Å². The van der Waals surface area contributed by atoms with Crippen molar-refractivity contribution in [2.75, 3.05) is 39.5 Å². The van der Waals surface area contributed by atoms with E-state index in [1.807, 2.05) is 18.2 Å². The van der Waals surface area contributed by atoms with Gasteiger partial charge in [-0.3, -0.25) is 19.3 Å². The number of fused-ring (bicyclic) bond motifs is 2. The average molecular weight is 663 g/mol.